The van der Waals surface area contributed by atoms with Crippen molar-refractivity contribution in [2.45, 2.75) is 13.2 Å². The number of hydrogen-bond donors (Lipinski definition) is 1. The average Bonchev–Trinajstić information content (AvgIpc) is 2.72. The van der Waals surface area contributed by atoms with Gasteiger partial charge in [0, 0.05) is 19.6 Å². The van der Waals surface area contributed by atoms with Gasteiger partial charge in [0.25, 0.3) is 5.91 Å². The van der Waals surface area contributed by atoms with Gasteiger partial charge in [0.1, 0.15) is 18.2 Å². The van der Waals surface area contributed by atoms with Crippen molar-refractivity contribution in [2.75, 3.05) is 13.1 Å². The fourth-order valence-electron chi connectivity index (χ4n) is 2.94. The van der Waals surface area contributed by atoms with Crippen LogP contribution in [0.2, 0.25) is 0 Å². The third-order valence-electron chi connectivity index (χ3n) is 4.30. The molecule has 2 N–H and O–H groups in total. The minimum Gasteiger partial charge on any atom is -0.488 e. The fourth-order valence-corrected chi connectivity index (χ4v) is 2.94. The Morgan fingerprint density at radius 3 is 2.39 bits per heavy atom. The predicted octanol–water partition coefficient (Wildman–Crippen LogP) is 4.01. The molecule has 0 aliphatic rings. The number of carbonyl (C=O) groups is 1. The van der Waals surface area contributed by atoms with E-state index in [1.54, 1.807) is 35.2 Å². The van der Waals surface area contributed by atoms with Crippen LogP contribution in [-0.4, -0.2) is 23.9 Å². The molecular weight excluding hydrogens is 355 g/mol. The predicted molar refractivity (Wildman–Crippen MR) is 107 cm³/mol. The quantitative estimate of drug-likeness (QED) is 0.644. The third-order valence-corrected chi connectivity index (χ3v) is 4.30. The molecule has 1 amide bonds. The summed E-state index contributed by atoms with van der Waals surface area (Å²) in [5.74, 6) is -0.0137. The molecule has 0 saturated carbocycles. The van der Waals surface area contributed by atoms with Gasteiger partial charge in [-0.25, -0.2) is 4.39 Å². The lowest BCUT2D eigenvalue weighted by molar-refractivity contribution is 0.0743. The van der Waals surface area contributed by atoms with E-state index in [9.17, 15) is 9.18 Å². The van der Waals surface area contributed by atoms with E-state index in [1.807, 2.05) is 36.4 Å². The molecule has 0 aliphatic carbocycles. The number of halogens is 1. The molecule has 0 atom stereocenters. The largest absolute Gasteiger partial charge is 0.488 e. The van der Waals surface area contributed by atoms with E-state index in [1.165, 1.54) is 12.1 Å². The van der Waals surface area contributed by atoms with Gasteiger partial charge in [-0.2, -0.15) is 0 Å². The van der Waals surface area contributed by atoms with Gasteiger partial charge >= 0.3 is 0 Å². The zero-order chi connectivity index (χ0) is 19.8. The Kier molecular flexibility index (Phi) is 6.76. The summed E-state index contributed by atoms with van der Waals surface area (Å²) in [6.45, 7) is 1.32. The lowest BCUT2D eigenvalue weighted by Gasteiger charge is -2.23. The molecule has 3 rings (SSSR count). The van der Waals surface area contributed by atoms with Crippen molar-refractivity contribution >= 4 is 5.91 Å². The van der Waals surface area contributed by atoms with E-state index in [0.717, 1.165) is 5.56 Å². The maximum absolute atomic E-state index is 13.5. The highest BCUT2D eigenvalue weighted by atomic mass is 19.1. The Labute approximate surface area is 164 Å². The normalized spacial score (nSPS) is 10.5. The molecule has 144 valence electrons. The average molecular weight is 378 g/mol. The van der Waals surface area contributed by atoms with Crippen molar-refractivity contribution in [3.05, 3.63) is 101 Å². The van der Waals surface area contributed by atoms with Crippen LogP contribution in [0.5, 0.6) is 5.75 Å². The summed E-state index contributed by atoms with van der Waals surface area (Å²) in [7, 11) is 0. The highest BCUT2D eigenvalue weighted by Crippen LogP contribution is 2.22. The smallest absolute Gasteiger partial charge is 0.257 e. The van der Waals surface area contributed by atoms with Crippen molar-refractivity contribution in [1.82, 2.24) is 4.90 Å². The molecule has 28 heavy (non-hydrogen) atoms. The standard InChI is InChI=1S/C23H23FN2O2/c24-20-10-6-9-19(15-20)16-26(14-13-25)23(27)21-11-4-5-12-22(21)28-17-18-7-2-1-3-8-18/h1-12,15H,13-14,16-17,25H2. The van der Waals surface area contributed by atoms with Gasteiger partial charge in [-0.1, -0.05) is 54.6 Å². The second-order valence-corrected chi connectivity index (χ2v) is 6.42. The van der Waals surface area contributed by atoms with Crippen molar-refractivity contribution in [3.8, 4) is 5.75 Å². The van der Waals surface area contributed by atoms with Crippen LogP contribution in [0.15, 0.2) is 78.9 Å². The first-order chi connectivity index (χ1) is 13.7. The Morgan fingerprint density at radius 1 is 0.929 bits per heavy atom. The number of carbonyl (C=O) groups excluding carboxylic acids is 1. The Bertz CT molecular complexity index is 915. The first-order valence-corrected chi connectivity index (χ1v) is 9.17. The Hall–Kier alpha value is -3.18. The molecule has 0 unspecified atom stereocenters. The monoisotopic (exact) mass is 378 g/mol. The number of para-hydroxylation sites is 1. The van der Waals surface area contributed by atoms with Crippen LogP contribution in [0, 0.1) is 5.82 Å². The van der Waals surface area contributed by atoms with Gasteiger partial charge in [-0.15, -0.1) is 0 Å². The molecule has 0 fully saturated rings. The SMILES string of the molecule is NCCN(Cc1cccc(F)c1)C(=O)c1ccccc1OCc1ccccc1. The van der Waals surface area contributed by atoms with Gasteiger partial charge in [-0.3, -0.25) is 4.79 Å². The molecular formula is C23H23FN2O2. The van der Waals surface area contributed by atoms with Crippen molar-refractivity contribution in [3.63, 3.8) is 0 Å². The van der Waals surface area contributed by atoms with Gasteiger partial charge < -0.3 is 15.4 Å². The number of nitrogens with zero attached hydrogens (tertiary/aromatic N) is 1. The lowest BCUT2D eigenvalue weighted by Crippen LogP contribution is -2.35. The number of nitrogens with two attached hydrogens (primary N) is 1. The van der Waals surface area contributed by atoms with Crippen LogP contribution in [0.4, 0.5) is 4.39 Å². The van der Waals surface area contributed by atoms with Gasteiger partial charge in [0.15, 0.2) is 0 Å². The summed E-state index contributed by atoms with van der Waals surface area (Å²) in [6, 6.07) is 23.1. The summed E-state index contributed by atoms with van der Waals surface area (Å²) in [5, 5.41) is 0. The zero-order valence-corrected chi connectivity index (χ0v) is 15.6. The second kappa shape index (κ2) is 9.67. The molecule has 3 aromatic rings. The third kappa shape index (κ3) is 5.18. The molecule has 3 aromatic carbocycles. The molecule has 0 spiro atoms. The van der Waals surface area contributed by atoms with Crippen LogP contribution in [0.3, 0.4) is 0 Å². The topological polar surface area (TPSA) is 55.6 Å². The van der Waals surface area contributed by atoms with Gasteiger partial charge in [0.05, 0.1) is 5.56 Å². The van der Waals surface area contributed by atoms with E-state index in [2.05, 4.69) is 0 Å². The maximum atomic E-state index is 13.5. The molecule has 0 heterocycles. The first kappa shape index (κ1) is 19.6. The summed E-state index contributed by atoms with van der Waals surface area (Å²) >= 11 is 0. The van der Waals surface area contributed by atoms with Crippen molar-refractivity contribution in [2.24, 2.45) is 5.73 Å². The summed E-state index contributed by atoms with van der Waals surface area (Å²) < 4.78 is 19.4. The van der Waals surface area contributed by atoms with Crippen molar-refractivity contribution < 1.29 is 13.9 Å². The Balaban J connectivity index is 1.78. The number of amides is 1. The highest BCUT2D eigenvalue weighted by molar-refractivity contribution is 5.97. The first-order valence-electron chi connectivity index (χ1n) is 9.17. The van der Waals surface area contributed by atoms with E-state index in [-0.39, 0.29) is 18.3 Å². The highest BCUT2D eigenvalue weighted by Gasteiger charge is 2.19. The molecule has 0 radical (unpaired) electrons. The number of ether oxygens (including phenoxy) is 1. The van der Waals surface area contributed by atoms with Crippen LogP contribution in [0.1, 0.15) is 21.5 Å². The van der Waals surface area contributed by atoms with Crippen LogP contribution in [0.25, 0.3) is 0 Å². The fraction of sp³-hybridized carbons (Fsp3) is 0.174. The van der Waals surface area contributed by atoms with E-state index in [4.69, 9.17) is 10.5 Å². The van der Waals surface area contributed by atoms with E-state index >= 15 is 0 Å². The lowest BCUT2D eigenvalue weighted by atomic mass is 10.1. The minimum absolute atomic E-state index is 0.196. The maximum Gasteiger partial charge on any atom is 0.257 e. The van der Waals surface area contributed by atoms with Gasteiger partial charge in [-0.05, 0) is 35.4 Å². The van der Waals surface area contributed by atoms with E-state index < -0.39 is 0 Å². The molecule has 0 bridgehead atoms. The molecule has 0 aliphatic heterocycles. The summed E-state index contributed by atoms with van der Waals surface area (Å²) in [6.07, 6.45) is 0. The van der Waals surface area contributed by atoms with Crippen molar-refractivity contribution in [1.29, 1.82) is 0 Å². The van der Waals surface area contributed by atoms with Crippen LogP contribution < -0.4 is 10.5 Å². The van der Waals surface area contributed by atoms with Crippen LogP contribution >= 0.6 is 0 Å². The molecule has 4 nitrogen and oxygen atoms in total. The van der Waals surface area contributed by atoms with Crippen LogP contribution in [-0.2, 0) is 13.2 Å². The molecule has 0 aromatic heterocycles. The molecule has 5 heteroatoms. The van der Waals surface area contributed by atoms with E-state index in [0.29, 0.717) is 36.6 Å². The summed E-state index contributed by atoms with van der Waals surface area (Å²) in [5.41, 5.74) is 7.89. The molecule has 0 saturated heterocycles. The number of benzene rings is 3. The second-order valence-electron chi connectivity index (χ2n) is 6.42. The number of rotatable bonds is 8. The minimum atomic E-state index is -0.329. The summed E-state index contributed by atoms with van der Waals surface area (Å²) in [4.78, 5) is 14.8. The van der Waals surface area contributed by atoms with Gasteiger partial charge in [0.2, 0.25) is 0 Å². The number of hydrogen-bond acceptors (Lipinski definition) is 3. The Morgan fingerprint density at radius 2 is 1.64 bits per heavy atom. The zero-order valence-electron chi connectivity index (χ0n) is 15.6.